The molecule has 2 atom stereocenters. The van der Waals surface area contributed by atoms with Gasteiger partial charge in [-0.25, -0.2) is 0 Å². The summed E-state index contributed by atoms with van der Waals surface area (Å²) in [7, 11) is 0. The Bertz CT molecular complexity index is 278. The van der Waals surface area contributed by atoms with E-state index in [1.165, 1.54) is 0 Å². The Balaban J connectivity index is 1.82. The fourth-order valence-electron chi connectivity index (χ4n) is 1.62. The first kappa shape index (κ1) is 9.58. The Hall–Kier alpha value is -0.970. The van der Waals surface area contributed by atoms with Gasteiger partial charge in [0.1, 0.15) is 0 Å². The fraction of sp³-hybridized carbons (Fsp3) is 0.500. The van der Waals surface area contributed by atoms with E-state index in [-0.39, 0.29) is 12.1 Å². The van der Waals surface area contributed by atoms with E-state index in [1.54, 1.807) is 6.20 Å². The van der Waals surface area contributed by atoms with Crippen LogP contribution in [0.2, 0.25) is 0 Å². The number of aliphatic hydroxyl groups is 1. The Morgan fingerprint density at radius 3 is 3.14 bits per heavy atom. The lowest BCUT2D eigenvalue weighted by Gasteiger charge is -2.14. The molecule has 0 aliphatic carbocycles. The molecule has 0 amide bonds. The maximum atomic E-state index is 9.53. The van der Waals surface area contributed by atoms with Gasteiger partial charge in [-0.3, -0.25) is 4.98 Å². The topological polar surface area (TPSA) is 57.2 Å². The number of hydrogen-bond donors (Lipinski definition) is 3. The first-order valence-electron chi connectivity index (χ1n) is 4.87. The summed E-state index contributed by atoms with van der Waals surface area (Å²) >= 11 is 0. The summed E-state index contributed by atoms with van der Waals surface area (Å²) in [5.41, 5.74) is 1.15. The lowest BCUT2D eigenvalue weighted by Crippen LogP contribution is -2.38. The summed E-state index contributed by atoms with van der Waals surface area (Å²) in [6, 6.07) is 4.10. The second-order valence-corrected chi connectivity index (χ2v) is 3.57. The number of nitrogens with zero attached hydrogens (tertiary/aromatic N) is 1. The van der Waals surface area contributed by atoms with Crippen LogP contribution in [0.5, 0.6) is 0 Å². The molecule has 0 unspecified atom stereocenters. The summed E-state index contributed by atoms with van der Waals surface area (Å²) < 4.78 is 0. The number of aliphatic hydroxyl groups excluding tert-OH is 1. The summed E-state index contributed by atoms with van der Waals surface area (Å²) in [4.78, 5) is 4.03. The molecule has 4 nitrogen and oxygen atoms in total. The van der Waals surface area contributed by atoms with Crippen LogP contribution in [-0.4, -0.2) is 35.3 Å². The lowest BCUT2D eigenvalue weighted by atomic mass is 10.2. The van der Waals surface area contributed by atoms with E-state index in [0.717, 1.165) is 18.7 Å². The van der Waals surface area contributed by atoms with Gasteiger partial charge in [-0.2, -0.15) is 0 Å². The molecule has 1 saturated heterocycles. The van der Waals surface area contributed by atoms with Gasteiger partial charge in [0.2, 0.25) is 0 Å². The van der Waals surface area contributed by atoms with Crippen molar-refractivity contribution in [3.05, 3.63) is 30.1 Å². The maximum Gasteiger partial charge on any atom is 0.0829 e. The zero-order chi connectivity index (χ0) is 9.80. The molecular weight excluding hydrogens is 178 g/mol. The van der Waals surface area contributed by atoms with Gasteiger partial charge in [0.15, 0.2) is 0 Å². The van der Waals surface area contributed by atoms with E-state index in [1.807, 2.05) is 18.3 Å². The van der Waals surface area contributed by atoms with E-state index in [0.29, 0.717) is 6.54 Å². The average Bonchev–Trinajstić information content (AvgIpc) is 2.63. The van der Waals surface area contributed by atoms with Gasteiger partial charge in [0, 0.05) is 38.1 Å². The SMILES string of the molecule is O[C@@H]1CNC[C@H]1NCc1cccnc1. The third-order valence-electron chi connectivity index (χ3n) is 2.47. The van der Waals surface area contributed by atoms with Gasteiger partial charge < -0.3 is 15.7 Å². The number of nitrogens with one attached hydrogen (secondary N) is 2. The van der Waals surface area contributed by atoms with Crippen LogP contribution in [0.4, 0.5) is 0 Å². The van der Waals surface area contributed by atoms with Crippen molar-refractivity contribution in [2.75, 3.05) is 13.1 Å². The molecule has 2 heterocycles. The molecule has 3 N–H and O–H groups in total. The second-order valence-electron chi connectivity index (χ2n) is 3.57. The molecule has 0 radical (unpaired) electrons. The van der Waals surface area contributed by atoms with Crippen LogP contribution in [0.3, 0.4) is 0 Å². The van der Waals surface area contributed by atoms with Crippen LogP contribution < -0.4 is 10.6 Å². The van der Waals surface area contributed by atoms with Crippen LogP contribution in [0, 0.1) is 0 Å². The Morgan fingerprint density at radius 1 is 1.57 bits per heavy atom. The molecule has 0 spiro atoms. The molecule has 76 valence electrons. The molecule has 1 aliphatic rings. The molecule has 0 aromatic carbocycles. The van der Waals surface area contributed by atoms with Crippen molar-refractivity contribution in [1.29, 1.82) is 0 Å². The standard InChI is InChI=1S/C10H15N3O/c14-10-7-12-6-9(10)13-5-8-2-1-3-11-4-8/h1-4,9-10,12-14H,5-7H2/t9-,10-/m1/s1. The van der Waals surface area contributed by atoms with E-state index in [9.17, 15) is 5.11 Å². The third kappa shape index (κ3) is 2.29. The van der Waals surface area contributed by atoms with Crippen molar-refractivity contribution in [2.45, 2.75) is 18.7 Å². The first-order chi connectivity index (χ1) is 6.86. The number of aromatic nitrogens is 1. The van der Waals surface area contributed by atoms with Crippen molar-refractivity contribution >= 4 is 0 Å². The molecule has 1 aliphatic heterocycles. The summed E-state index contributed by atoms with van der Waals surface area (Å²) in [6.07, 6.45) is 3.32. The van der Waals surface area contributed by atoms with Gasteiger partial charge >= 0.3 is 0 Å². The minimum atomic E-state index is -0.272. The van der Waals surface area contributed by atoms with E-state index in [4.69, 9.17) is 0 Å². The van der Waals surface area contributed by atoms with Crippen molar-refractivity contribution in [3.63, 3.8) is 0 Å². The normalized spacial score (nSPS) is 26.6. The molecule has 1 aromatic rings. The minimum absolute atomic E-state index is 0.162. The highest BCUT2D eigenvalue weighted by Crippen LogP contribution is 2.01. The summed E-state index contributed by atoms with van der Waals surface area (Å²) in [5, 5.41) is 16.0. The number of pyridine rings is 1. The number of hydrogen-bond acceptors (Lipinski definition) is 4. The van der Waals surface area contributed by atoms with Gasteiger partial charge in [-0.1, -0.05) is 6.07 Å². The minimum Gasteiger partial charge on any atom is -0.390 e. The monoisotopic (exact) mass is 193 g/mol. The smallest absolute Gasteiger partial charge is 0.0829 e. The van der Waals surface area contributed by atoms with Crippen LogP contribution in [0.25, 0.3) is 0 Å². The maximum absolute atomic E-state index is 9.53. The molecular formula is C10H15N3O. The van der Waals surface area contributed by atoms with Crippen molar-refractivity contribution in [1.82, 2.24) is 15.6 Å². The van der Waals surface area contributed by atoms with Crippen LogP contribution in [0.1, 0.15) is 5.56 Å². The largest absolute Gasteiger partial charge is 0.390 e. The fourth-order valence-corrected chi connectivity index (χ4v) is 1.62. The second kappa shape index (κ2) is 4.50. The quantitative estimate of drug-likeness (QED) is 0.606. The highest BCUT2D eigenvalue weighted by Gasteiger charge is 2.23. The number of rotatable bonds is 3. The summed E-state index contributed by atoms with van der Waals surface area (Å²) in [6.45, 7) is 2.28. The Labute approximate surface area is 83.4 Å². The third-order valence-corrected chi connectivity index (χ3v) is 2.47. The van der Waals surface area contributed by atoms with Crippen molar-refractivity contribution in [2.24, 2.45) is 0 Å². The van der Waals surface area contributed by atoms with Crippen LogP contribution >= 0.6 is 0 Å². The molecule has 1 fully saturated rings. The van der Waals surface area contributed by atoms with Gasteiger partial charge in [-0.15, -0.1) is 0 Å². The number of β-amino-alcohol motifs (C(OH)–C–C–N with tert-alkyl or cyclic N) is 1. The molecule has 0 bridgehead atoms. The van der Waals surface area contributed by atoms with E-state index in [2.05, 4.69) is 15.6 Å². The molecule has 4 heteroatoms. The molecule has 0 saturated carbocycles. The average molecular weight is 193 g/mol. The van der Waals surface area contributed by atoms with Gasteiger partial charge in [0.05, 0.1) is 6.10 Å². The van der Waals surface area contributed by atoms with Crippen LogP contribution in [0.15, 0.2) is 24.5 Å². The Kier molecular flexibility index (Phi) is 3.08. The zero-order valence-corrected chi connectivity index (χ0v) is 7.98. The lowest BCUT2D eigenvalue weighted by molar-refractivity contribution is 0.162. The Morgan fingerprint density at radius 2 is 2.50 bits per heavy atom. The predicted octanol–water partition coefficient (Wildman–Crippen LogP) is -0.496. The van der Waals surface area contributed by atoms with Gasteiger partial charge in [-0.05, 0) is 11.6 Å². The molecule has 2 rings (SSSR count). The van der Waals surface area contributed by atoms with Gasteiger partial charge in [0.25, 0.3) is 0 Å². The highest BCUT2D eigenvalue weighted by molar-refractivity contribution is 5.08. The highest BCUT2D eigenvalue weighted by atomic mass is 16.3. The predicted molar refractivity (Wildman–Crippen MR) is 53.7 cm³/mol. The zero-order valence-electron chi connectivity index (χ0n) is 7.98. The van der Waals surface area contributed by atoms with Crippen molar-refractivity contribution in [3.8, 4) is 0 Å². The first-order valence-corrected chi connectivity index (χ1v) is 4.87. The molecule has 1 aromatic heterocycles. The summed E-state index contributed by atoms with van der Waals surface area (Å²) in [5.74, 6) is 0. The van der Waals surface area contributed by atoms with E-state index >= 15 is 0 Å². The van der Waals surface area contributed by atoms with Crippen molar-refractivity contribution < 1.29 is 5.11 Å². The van der Waals surface area contributed by atoms with Crippen LogP contribution in [-0.2, 0) is 6.54 Å². The van der Waals surface area contributed by atoms with E-state index < -0.39 is 0 Å². The molecule has 14 heavy (non-hydrogen) atoms.